The van der Waals surface area contributed by atoms with Gasteiger partial charge in [0.05, 0.1) is 5.56 Å². The molecule has 0 heterocycles. The molecule has 0 aliphatic rings. The van der Waals surface area contributed by atoms with Gasteiger partial charge < -0.3 is 10.4 Å². The zero-order chi connectivity index (χ0) is 14.7. The minimum atomic E-state index is -0.891. The Morgan fingerprint density at radius 1 is 1.15 bits per heavy atom. The van der Waals surface area contributed by atoms with Gasteiger partial charge in [0.1, 0.15) is 0 Å². The first-order chi connectivity index (χ1) is 9.49. The van der Waals surface area contributed by atoms with Crippen LogP contribution in [0.25, 0.3) is 0 Å². The molecule has 0 amide bonds. The quantitative estimate of drug-likeness (QED) is 0.884. The molecule has 3 heteroatoms. The molecule has 2 aromatic rings. The largest absolute Gasteiger partial charge is 0.478 e. The van der Waals surface area contributed by atoms with Crippen LogP contribution in [0.5, 0.6) is 0 Å². The molecule has 0 unspecified atom stereocenters. The molecule has 3 nitrogen and oxygen atoms in total. The van der Waals surface area contributed by atoms with Crippen LogP contribution in [0.4, 0.5) is 5.69 Å². The summed E-state index contributed by atoms with van der Waals surface area (Å²) in [5.74, 6) is -0.891. The molecule has 0 radical (unpaired) electrons. The van der Waals surface area contributed by atoms with Gasteiger partial charge in [0.15, 0.2) is 0 Å². The Morgan fingerprint density at radius 3 is 2.60 bits per heavy atom. The number of nitrogens with one attached hydrogen (secondary N) is 1. The molecule has 0 spiro atoms. The van der Waals surface area contributed by atoms with Crippen molar-refractivity contribution in [3.05, 3.63) is 64.2 Å². The van der Waals surface area contributed by atoms with Crippen LogP contribution in [-0.2, 0) is 6.54 Å². The topological polar surface area (TPSA) is 49.3 Å². The molecular formula is C17H19NO2. The number of hydrogen-bond donors (Lipinski definition) is 2. The average Bonchev–Trinajstić information content (AvgIpc) is 2.41. The van der Waals surface area contributed by atoms with Gasteiger partial charge in [-0.15, -0.1) is 0 Å². The van der Waals surface area contributed by atoms with E-state index >= 15 is 0 Å². The highest BCUT2D eigenvalue weighted by Gasteiger charge is 2.09. The standard InChI is InChI=1S/C17H19NO2/c1-11-7-8-12(2)14(9-11)10-18-16-6-4-5-15(13(16)3)17(19)20/h4-9,18H,10H2,1-3H3,(H,19,20). The number of benzene rings is 2. The number of carboxylic acids is 1. The van der Waals surface area contributed by atoms with E-state index < -0.39 is 5.97 Å². The smallest absolute Gasteiger partial charge is 0.336 e. The van der Waals surface area contributed by atoms with Crippen LogP contribution in [-0.4, -0.2) is 11.1 Å². The van der Waals surface area contributed by atoms with Gasteiger partial charge >= 0.3 is 5.97 Å². The SMILES string of the molecule is Cc1ccc(C)c(CNc2cccc(C(=O)O)c2C)c1. The van der Waals surface area contributed by atoms with Gasteiger partial charge in [0.25, 0.3) is 0 Å². The van der Waals surface area contributed by atoms with Crippen molar-refractivity contribution in [3.63, 3.8) is 0 Å². The number of anilines is 1. The molecule has 0 aliphatic carbocycles. The van der Waals surface area contributed by atoms with E-state index in [0.29, 0.717) is 12.1 Å². The molecule has 0 fully saturated rings. The molecule has 0 atom stereocenters. The second kappa shape index (κ2) is 5.78. The molecule has 0 aliphatic heterocycles. The van der Waals surface area contributed by atoms with E-state index in [1.807, 2.05) is 13.0 Å². The van der Waals surface area contributed by atoms with Crippen molar-refractivity contribution < 1.29 is 9.90 Å². The van der Waals surface area contributed by atoms with Gasteiger partial charge in [-0.05, 0) is 49.6 Å². The summed E-state index contributed by atoms with van der Waals surface area (Å²) < 4.78 is 0. The molecule has 0 saturated carbocycles. The van der Waals surface area contributed by atoms with Gasteiger partial charge in [-0.25, -0.2) is 4.79 Å². The highest BCUT2D eigenvalue weighted by atomic mass is 16.4. The predicted molar refractivity (Wildman–Crippen MR) is 81.4 cm³/mol. The monoisotopic (exact) mass is 269 g/mol. The van der Waals surface area contributed by atoms with Crippen molar-refractivity contribution in [2.45, 2.75) is 27.3 Å². The maximum Gasteiger partial charge on any atom is 0.336 e. The van der Waals surface area contributed by atoms with Crippen LogP contribution in [0.1, 0.15) is 32.6 Å². The van der Waals surface area contributed by atoms with E-state index in [1.165, 1.54) is 16.7 Å². The van der Waals surface area contributed by atoms with E-state index in [2.05, 4.69) is 37.4 Å². The van der Waals surface area contributed by atoms with Crippen LogP contribution >= 0.6 is 0 Å². The Hall–Kier alpha value is -2.29. The molecule has 2 rings (SSSR count). The first kappa shape index (κ1) is 14.1. The van der Waals surface area contributed by atoms with E-state index in [0.717, 1.165) is 11.3 Å². The van der Waals surface area contributed by atoms with Crippen LogP contribution in [0.15, 0.2) is 36.4 Å². The van der Waals surface area contributed by atoms with Crippen molar-refractivity contribution in [2.75, 3.05) is 5.32 Å². The number of carboxylic acid groups (broad SMARTS) is 1. The third kappa shape index (κ3) is 2.99. The predicted octanol–water partition coefficient (Wildman–Crippen LogP) is 3.92. The Bertz CT molecular complexity index is 647. The lowest BCUT2D eigenvalue weighted by Gasteiger charge is -2.13. The number of carbonyl (C=O) groups is 1. The molecule has 2 N–H and O–H groups in total. The Labute approximate surface area is 119 Å². The Balaban J connectivity index is 2.21. The van der Waals surface area contributed by atoms with Crippen molar-refractivity contribution in [3.8, 4) is 0 Å². The average molecular weight is 269 g/mol. The normalized spacial score (nSPS) is 10.3. The summed E-state index contributed by atoms with van der Waals surface area (Å²) in [7, 11) is 0. The number of aryl methyl sites for hydroxylation is 2. The van der Waals surface area contributed by atoms with E-state index in [1.54, 1.807) is 12.1 Å². The van der Waals surface area contributed by atoms with Crippen LogP contribution in [0.2, 0.25) is 0 Å². The van der Waals surface area contributed by atoms with Crippen LogP contribution in [0, 0.1) is 20.8 Å². The third-order valence-corrected chi connectivity index (χ3v) is 3.54. The fraction of sp³-hybridized carbons (Fsp3) is 0.235. The van der Waals surface area contributed by atoms with Gasteiger partial charge in [-0.3, -0.25) is 0 Å². The summed E-state index contributed by atoms with van der Waals surface area (Å²) in [5, 5.41) is 12.5. The lowest BCUT2D eigenvalue weighted by Crippen LogP contribution is -2.06. The highest BCUT2D eigenvalue weighted by molar-refractivity contribution is 5.91. The number of aromatic carboxylic acids is 1. The highest BCUT2D eigenvalue weighted by Crippen LogP contribution is 2.20. The van der Waals surface area contributed by atoms with Gasteiger partial charge in [0.2, 0.25) is 0 Å². The summed E-state index contributed by atoms with van der Waals surface area (Å²) >= 11 is 0. The summed E-state index contributed by atoms with van der Waals surface area (Å²) in [6.07, 6.45) is 0. The first-order valence-corrected chi connectivity index (χ1v) is 6.62. The van der Waals surface area contributed by atoms with Crippen LogP contribution < -0.4 is 5.32 Å². The summed E-state index contributed by atoms with van der Waals surface area (Å²) in [5.41, 5.74) is 5.66. The van der Waals surface area contributed by atoms with Gasteiger partial charge in [-0.1, -0.05) is 29.8 Å². The molecule has 0 bridgehead atoms. The van der Waals surface area contributed by atoms with Crippen molar-refractivity contribution >= 4 is 11.7 Å². The first-order valence-electron chi connectivity index (χ1n) is 6.62. The maximum atomic E-state index is 11.1. The Kier molecular flexibility index (Phi) is 4.08. The minimum absolute atomic E-state index is 0.343. The second-order valence-corrected chi connectivity index (χ2v) is 5.07. The zero-order valence-corrected chi connectivity index (χ0v) is 12.0. The second-order valence-electron chi connectivity index (χ2n) is 5.07. The fourth-order valence-electron chi connectivity index (χ4n) is 2.24. The molecule has 104 valence electrons. The summed E-state index contributed by atoms with van der Waals surface area (Å²) in [6.45, 7) is 6.67. The third-order valence-electron chi connectivity index (χ3n) is 3.54. The molecule has 0 saturated heterocycles. The summed E-state index contributed by atoms with van der Waals surface area (Å²) in [6, 6.07) is 11.6. The van der Waals surface area contributed by atoms with Crippen LogP contribution in [0.3, 0.4) is 0 Å². The summed E-state index contributed by atoms with van der Waals surface area (Å²) in [4.78, 5) is 11.1. The number of hydrogen-bond acceptors (Lipinski definition) is 2. The molecular weight excluding hydrogens is 250 g/mol. The fourth-order valence-corrected chi connectivity index (χ4v) is 2.24. The molecule has 0 aromatic heterocycles. The Morgan fingerprint density at radius 2 is 1.90 bits per heavy atom. The number of rotatable bonds is 4. The zero-order valence-electron chi connectivity index (χ0n) is 12.0. The van der Waals surface area contributed by atoms with E-state index in [4.69, 9.17) is 5.11 Å². The van der Waals surface area contributed by atoms with Gasteiger partial charge in [0, 0.05) is 12.2 Å². The van der Waals surface area contributed by atoms with Crippen molar-refractivity contribution in [1.82, 2.24) is 0 Å². The lowest BCUT2D eigenvalue weighted by molar-refractivity contribution is 0.0696. The molecule has 2 aromatic carbocycles. The van der Waals surface area contributed by atoms with E-state index in [-0.39, 0.29) is 0 Å². The van der Waals surface area contributed by atoms with Crippen molar-refractivity contribution in [2.24, 2.45) is 0 Å². The van der Waals surface area contributed by atoms with E-state index in [9.17, 15) is 4.79 Å². The molecule has 20 heavy (non-hydrogen) atoms. The van der Waals surface area contributed by atoms with Gasteiger partial charge in [-0.2, -0.15) is 0 Å². The van der Waals surface area contributed by atoms with Crippen molar-refractivity contribution in [1.29, 1.82) is 0 Å². The maximum absolute atomic E-state index is 11.1. The minimum Gasteiger partial charge on any atom is -0.478 e. The lowest BCUT2D eigenvalue weighted by atomic mass is 10.0.